The predicted molar refractivity (Wildman–Crippen MR) is 77.6 cm³/mol. The standard InChI is InChI=1S/C16H15ClF2O2/c1-16(20,9-10-6-7-11(18)8-12(10)17)15-13(19)4-3-5-14(15)21-2/h3-8,20H,9H2,1-2H3. The van der Waals surface area contributed by atoms with E-state index in [1.165, 1.54) is 38.3 Å². The highest BCUT2D eigenvalue weighted by molar-refractivity contribution is 6.31. The van der Waals surface area contributed by atoms with Crippen molar-refractivity contribution in [3.05, 3.63) is 64.2 Å². The first kappa shape index (κ1) is 15.7. The topological polar surface area (TPSA) is 29.5 Å². The van der Waals surface area contributed by atoms with Gasteiger partial charge in [0.2, 0.25) is 0 Å². The van der Waals surface area contributed by atoms with Crippen LogP contribution in [-0.2, 0) is 12.0 Å². The Kier molecular flexibility index (Phi) is 4.49. The maximum atomic E-state index is 14.1. The van der Waals surface area contributed by atoms with E-state index in [4.69, 9.17) is 16.3 Å². The van der Waals surface area contributed by atoms with Crippen molar-refractivity contribution in [1.82, 2.24) is 0 Å². The fourth-order valence-corrected chi connectivity index (χ4v) is 2.56. The van der Waals surface area contributed by atoms with E-state index < -0.39 is 17.2 Å². The minimum atomic E-state index is -1.54. The molecular weight excluding hydrogens is 298 g/mol. The Hall–Kier alpha value is -1.65. The van der Waals surface area contributed by atoms with Crippen LogP contribution in [0.1, 0.15) is 18.1 Å². The first-order valence-electron chi connectivity index (χ1n) is 6.34. The van der Waals surface area contributed by atoms with Gasteiger partial charge >= 0.3 is 0 Å². The molecular formula is C16H15ClF2O2. The summed E-state index contributed by atoms with van der Waals surface area (Å²) in [5.41, 5.74) is -0.973. The quantitative estimate of drug-likeness (QED) is 0.922. The molecule has 0 saturated carbocycles. The van der Waals surface area contributed by atoms with Gasteiger partial charge in [0.25, 0.3) is 0 Å². The van der Waals surface area contributed by atoms with Crippen molar-refractivity contribution in [3.63, 3.8) is 0 Å². The Balaban J connectivity index is 2.43. The van der Waals surface area contributed by atoms with Crippen LogP contribution in [-0.4, -0.2) is 12.2 Å². The van der Waals surface area contributed by atoms with E-state index in [0.29, 0.717) is 5.56 Å². The van der Waals surface area contributed by atoms with Crippen molar-refractivity contribution in [1.29, 1.82) is 0 Å². The summed E-state index contributed by atoms with van der Waals surface area (Å²) < 4.78 is 32.2. The Labute approximate surface area is 126 Å². The molecule has 0 heterocycles. The molecule has 112 valence electrons. The lowest BCUT2D eigenvalue weighted by atomic mass is 9.88. The fourth-order valence-electron chi connectivity index (χ4n) is 2.32. The van der Waals surface area contributed by atoms with Crippen molar-refractivity contribution >= 4 is 11.6 Å². The number of benzene rings is 2. The molecule has 1 unspecified atom stereocenters. The Morgan fingerprint density at radius 3 is 2.57 bits per heavy atom. The lowest BCUT2D eigenvalue weighted by Gasteiger charge is -2.26. The highest BCUT2D eigenvalue weighted by Crippen LogP contribution is 2.36. The zero-order chi connectivity index (χ0) is 15.6. The Morgan fingerprint density at radius 1 is 1.24 bits per heavy atom. The summed E-state index contributed by atoms with van der Waals surface area (Å²) >= 11 is 5.96. The highest BCUT2D eigenvalue weighted by atomic mass is 35.5. The lowest BCUT2D eigenvalue weighted by molar-refractivity contribution is 0.0510. The summed E-state index contributed by atoms with van der Waals surface area (Å²) in [6.45, 7) is 1.47. The zero-order valence-electron chi connectivity index (χ0n) is 11.7. The summed E-state index contributed by atoms with van der Waals surface area (Å²) in [5, 5.41) is 10.8. The molecule has 2 rings (SSSR count). The van der Waals surface area contributed by atoms with Crippen molar-refractivity contribution < 1.29 is 18.6 Å². The minimum Gasteiger partial charge on any atom is -0.496 e. The Bertz CT molecular complexity index is 657. The van der Waals surface area contributed by atoms with Crippen LogP contribution < -0.4 is 4.74 Å². The monoisotopic (exact) mass is 312 g/mol. The minimum absolute atomic E-state index is 0.0312. The molecule has 0 bridgehead atoms. The van der Waals surface area contributed by atoms with Crippen LogP contribution in [0.4, 0.5) is 8.78 Å². The predicted octanol–water partition coefficient (Wildman–Crippen LogP) is 4.08. The number of aliphatic hydroxyl groups is 1. The van der Waals surface area contributed by atoms with Crippen molar-refractivity contribution in [3.8, 4) is 5.75 Å². The molecule has 5 heteroatoms. The summed E-state index contributed by atoms with van der Waals surface area (Å²) in [7, 11) is 1.40. The van der Waals surface area contributed by atoms with Crippen LogP contribution in [0.3, 0.4) is 0 Å². The molecule has 2 aromatic rings. The van der Waals surface area contributed by atoms with E-state index in [0.717, 1.165) is 6.07 Å². The fraction of sp³-hybridized carbons (Fsp3) is 0.250. The molecule has 2 aromatic carbocycles. The number of hydrogen-bond acceptors (Lipinski definition) is 2. The highest BCUT2D eigenvalue weighted by Gasteiger charge is 2.31. The molecule has 21 heavy (non-hydrogen) atoms. The van der Waals surface area contributed by atoms with Gasteiger partial charge < -0.3 is 9.84 Å². The first-order valence-corrected chi connectivity index (χ1v) is 6.72. The van der Waals surface area contributed by atoms with Crippen LogP contribution in [0.2, 0.25) is 5.02 Å². The average Bonchev–Trinajstić information content (AvgIpc) is 2.41. The van der Waals surface area contributed by atoms with Crippen LogP contribution in [0.25, 0.3) is 0 Å². The molecule has 2 nitrogen and oxygen atoms in total. The zero-order valence-corrected chi connectivity index (χ0v) is 12.4. The average molecular weight is 313 g/mol. The molecule has 0 aromatic heterocycles. The van der Waals surface area contributed by atoms with E-state index >= 15 is 0 Å². The van der Waals surface area contributed by atoms with Crippen molar-refractivity contribution in [2.45, 2.75) is 18.9 Å². The van der Waals surface area contributed by atoms with Gasteiger partial charge in [0.1, 0.15) is 17.4 Å². The maximum Gasteiger partial charge on any atom is 0.133 e. The van der Waals surface area contributed by atoms with E-state index in [-0.39, 0.29) is 22.8 Å². The summed E-state index contributed by atoms with van der Waals surface area (Å²) in [6.07, 6.45) is 0.0312. The van der Waals surface area contributed by atoms with Gasteiger partial charge in [-0.15, -0.1) is 0 Å². The number of rotatable bonds is 4. The third kappa shape index (κ3) is 3.34. The van der Waals surface area contributed by atoms with Gasteiger partial charge in [0.05, 0.1) is 18.3 Å². The third-order valence-corrected chi connectivity index (χ3v) is 3.64. The van der Waals surface area contributed by atoms with Gasteiger partial charge in [-0.25, -0.2) is 8.78 Å². The number of halogens is 3. The molecule has 0 radical (unpaired) electrons. The van der Waals surface area contributed by atoms with E-state index in [9.17, 15) is 13.9 Å². The van der Waals surface area contributed by atoms with Gasteiger partial charge in [0.15, 0.2) is 0 Å². The number of methoxy groups -OCH3 is 1. The molecule has 0 fully saturated rings. The summed E-state index contributed by atoms with van der Waals surface area (Å²) in [6, 6.07) is 8.19. The summed E-state index contributed by atoms with van der Waals surface area (Å²) in [5.74, 6) is -0.789. The van der Waals surface area contributed by atoms with Gasteiger partial charge in [-0.2, -0.15) is 0 Å². The molecule has 0 saturated heterocycles. The van der Waals surface area contributed by atoms with E-state index in [1.54, 1.807) is 6.07 Å². The molecule has 0 amide bonds. The summed E-state index contributed by atoms with van der Waals surface area (Å²) in [4.78, 5) is 0. The van der Waals surface area contributed by atoms with Gasteiger partial charge in [-0.05, 0) is 36.8 Å². The van der Waals surface area contributed by atoms with Gasteiger partial charge in [0, 0.05) is 11.4 Å². The molecule has 0 aliphatic carbocycles. The van der Waals surface area contributed by atoms with Crippen molar-refractivity contribution in [2.24, 2.45) is 0 Å². The van der Waals surface area contributed by atoms with Crippen LogP contribution in [0.5, 0.6) is 5.75 Å². The second-order valence-electron chi connectivity index (χ2n) is 5.00. The molecule has 1 N–H and O–H groups in total. The Morgan fingerprint density at radius 2 is 1.95 bits per heavy atom. The number of ether oxygens (including phenoxy) is 1. The van der Waals surface area contributed by atoms with Gasteiger partial charge in [-0.1, -0.05) is 23.7 Å². The van der Waals surface area contributed by atoms with Crippen LogP contribution in [0.15, 0.2) is 36.4 Å². The maximum absolute atomic E-state index is 14.1. The molecule has 0 aliphatic heterocycles. The smallest absolute Gasteiger partial charge is 0.133 e. The van der Waals surface area contributed by atoms with Crippen LogP contribution >= 0.6 is 11.6 Å². The second kappa shape index (κ2) is 6.00. The second-order valence-corrected chi connectivity index (χ2v) is 5.41. The van der Waals surface area contributed by atoms with Crippen LogP contribution in [0, 0.1) is 11.6 Å². The van der Waals surface area contributed by atoms with E-state index in [2.05, 4.69) is 0 Å². The largest absolute Gasteiger partial charge is 0.496 e. The van der Waals surface area contributed by atoms with Crippen molar-refractivity contribution in [2.75, 3.05) is 7.11 Å². The van der Waals surface area contributed by atoms with E-state index in [1.807, 2.05) is 0 Å². The van der Waals surface area contributed by atoms with Gasteiger partial charge in [-0.3, -0.25) is 0 Å². The SMILES string of the molecule is COc1cccc(F)c1C(C)(O)Cc1ccc(F)cc1Cl. The lowest BCUT2D eigenvalue weighted by Crippen LogP contribution is -2.26. The number of hydrogen-bond donors (Lipinski definition) is 1. The normalized spacial score (nSPS) is 13.8. The first-order chi connectivity index (χ1) is 9.85. The molecule has 0 spiro atoms. The third-order valence-electron chi connectivity index (χ3n) is 3.28. The molecule has 0 aliphatic rings. The molecule has 1 atom stereocenters.